The van der Waals surface area contributed by atoms with E-state index in [9.17, 15) is 9.59 Å². The first-order chi connectivity index (χ1) is 14.9. The molecular weight excluding hydrogens is 451 g/mol. The first-order valence-corrected chi connectivity index (χ1v) is 11.0. The molecule has 0 fully saturated rings. The van der Waals surface area contributed by atoms with Crippen LogP contribution in [0.3, 0.4) is 0 Å². The highest BCUT2D eigenvalue weighted by Gasteiger charge is 2.34. The number of fused-ring (bicyclic) bond motifs is 2. The molecule has 0 bridgehead atoms. The van der Waals surface area contributed by atoms with E-state index in [1.807, 2.05) is 60.2 Å². The summed E-state index contributed by atoms with van der Waals surface area (Å²) in [6.07, 6.45) is 5.60. The SMILES string of the molecule is Cn1c(/C=C/c2ccccc2)nc2sc(C=C3C(=O)c4cc(Cl)c(Cl)cc4C3=O)cc21. The van der Waals surface area contributed by atoms with Crippen LogP contribution < -0.4 is 0 Å². The number of hydrogen-bond acceptors (Lipinski definition) is 4. The third-order valence-corrected chi connectivity index (χ3v) is 6.87. The Morgan fingerprint density at radius 2 is 1.58 bits per heavy atom. The molecule has 0 saturated carbocycles. The van der Waals surface area contributed by atoms with Gasteiger partial charge in [0.15, 0.2) is 11.6 Å². The summed E-state index contributed by atoms with van der Waals surface area (Å²) in [6, 6.07) is 14.9. The summed E-state index contributed by atoms with van der Waals surface area (Å²) in [5.41, 5.74) is 2.73. The number of rotatable bonds is 3. The van der Waals surface area contributed by atoms with Crippen molar-refractivity contribution in [3.05, 3.63) is 91.5 Å². The minimum Gasteiger partial charge on any atom is -0.327 e. The van der Waals surface area contributed by atoms with Gasteiger partial charge in [-0.05, 0) is 35.9 Å². The number of aryl methyl sites for hydroxylation is 1. The first-order valence-electron chi connectivity index (χ1n) is 9.42. The second-order valence-electron chi connectivity index (χ2n) is 7.14. The van der Waals surface area contributed by atoms with Gasteiger partial charge < -0.3 is 4.57 Å². The molecule has 2 aromatic carbocycles. The van der Waals surface area contributed by atoms with Crippen molar-refractivity contribution >= 4 is 74.7 Å². The van der Waals surface area contributed by atoms with Gasteiger partial charge in [-0.3, -0.25) is 9.59 Å². The molecule has 1 aliphatic carbocycles. The van der Waals surface area contributed by atoms with Gasteiger partial charge in [-0.1, -0.05) is 59.6 Å². The predicted octanol–water partition coefficient (Wildman–Crippen LogP) is 6.57. The summed E-state index contributed by atoms with van der Waals surface area (Å²) in [6.45, 7) is 0. The number of nitrogens with zero attached hydrogens (tertiary/aromatic N) is 2. The van der Waals surface area contributed by atoms with Gasteiger partial charge in [0.05, 0.1) is 21.1 Å². The maximum Gasteiger partial charge on any atom is 0.197 e. The molecular formula is C24H14Cl2N2O2S. The highest BCUT2D eigenvalue weighted by atomic mass is 35.5. The number of carbonyl (C=O) groups is 2. The minimum atomic E-state index is -0.338. The van der Waals surface area contributed by atoms with E-state index in [0.717, 1.165) is 26.6 Å². The Bertz CT molecular complexity index is 1400. The number of hydrogen-bond donors (Lipinski definition) is 0. The van der Waals surface area contributed by atoms with Gasteiger partial charge in [0.25, 0.3) is 0 Å². The van der Waals surface area contributed by atoms with Crippen molar-refractivity contribution in [3.8, 4) is 0 Å². The molecule has 7 heteroatoms. The second kappa shape index (κ2) is 7.61. The number of benzene rings is 2. The monoisotopic (exact) mass is 464 g/mol. The van der Waals surface area contributed by atoms with Crippen LogP contribution >= 0.6 is 34.5 Å². The molecule has 0 aliphatic heterocycles. The third kappa shape index (κ3) is 3.45. The van der Waals surface area contributed by atoms with E-state index in [4.69, 9.17) is 23.2 Å². The fraction of sp³-hybridized carbons (Fsp3) is 0.0417. The van der Waals surface area contributed by atoms with E-state index in [-0.39, 0.29) is 27.2 Å². The smallest absolute Gasteiger partial charge is 0.197 e. The highest BCUT2D eigenvalue weighted by Crippen LogP contribution is 2.35. The number of imidazole rings is 1. The van der Waals surface area contributed by atoms with Crippen LogP contribution in [0.4, 0.5) is 0 Å². The van der Waals surface area contributed by atoms with Gasteiger partial charge in [0, 0.05) is 23.1 Å². The lowest BCUT2D eigenvalue weighted by Gasteiger charge is -1.98. The molecule has 31 heavy (non-hydrogen) atoms. The summed E-state index contributed by atoms with van der Waals surface area (Å²) in [5, 5.41) is 0.509. The molecule has 0 unspecified atom stereocenters. The van der Waals surface area contributed by atoms with E-state index in [1.165, 1.54) is 23.5 Å². The minimum absolute atomic E-state index is 0.115. The van der Waals surface area contributed by atoms with Crippen molar-refractivity contribution in [1.29, 1.82) is 0 Å². The number of thiophene rings is 1. The van der Waals surface area contributed by atoms with Crippen LogP contribution in [-0.2, 0) is 7.05 Å². The van der Waals surface area contributed by atoms with Crippen LogP contribution in [0.2, 0.25) is 10.0 Å². The molecule has 0 amide bonds. The van der Waals surface area contributed by atoms with Crippen molar-refractivity contribution in [3.63, 3.8) is 0 Å². The zero-order chi connectivity index (χ0) is 21.7. The van der Waals surface area contributed by atoms with Crippen LogP contribution in [0.1, 0.15) is 37.0 Å². The molecule has 0 saturated heterocycles. The standard InChI is InChI=1S/C24H14Cl2N2O2S/c1-28-20-10-14(31-24(20)27-21(28)8-7-13-5-3-2-4-6-13)9-17-22(29)15-11-18(25)19(26)12-16(15)23(17)30/h2-12H,1H3/b8-7+. The van der Waals surface area contributed by atoms with Crippen LogP contribution in [-0.4, -0.2) is 21.1 Å². The van der Waals surface area contributed by atoms with E-state index < -0.39 is 0 Å². The number of aromatic nitrogens is 2. The highest BCUT2D eigenvalue weighted by molar-refractivity contribution is 7.19. The normalized spacial score (nSPS) is 13.6. The molecule has 4 aromatic rings. The third-order valence-electron chi connectivity index (χ3n) is 5.18. The van der Waals surface area contributed by atoms with E-state index in [2.05, 4.69) is 4.98 Å². The first kappa shape index (κ1) is 19.9. The average molecular weight is 465 g/mol. The number of Topliss-reactive ketones (excluding diaryl/α,β-unsaturated/α-hetero) is 2. The van der Waals surface area contributed by atoms with Crippen LogP contribution in [0.25, 0.3) is 28.6 Å². The van der Waals surface area contributed by atoms with Crippen LogP contribution in [0.5, 0.6) is 0 Å². The fourth-order valence-corrected chi connectivity index (χ4v) is 4.89. The van der Waals surface area contributed by atoms with Gasteiger partial charge in [-0.15, -0.1) is 11.3 Å². The molecule has 152 valence electrons. The molecule has 2 heterocycles. The Labute approximate surface area is 192 Å². The van der Waals surface area contributed by atoms with Gasteiger partial charge in [0.1, 0.15) is 10.7 Å². The quantitative estimate of drug-likeness (QED) is 0.254. The molecule has 4 nitrogen and oxygen atoms in total. The van der Waals surface area contributed by atoms with Gasteiger partial charge in [0.2, 0.25) is 0 Å². The van der Waals surface area contributed by atoms with Crippen molar-refractivity contribution in [2.24, 2.45) is 7.05 Å². The molecule has 1 aliphatic rings. The maximum atomic E-state index is 12.8. The van der Waals surface area contributed by atoms with Gasteiger partial charge >= 0.3 is 0 Å². The predicted molar refractivity (Wildman–Crippen MR) is 127 cm³/mol. The molecule has 2 aromatic heterocycles. The van der Waals surface area contributed by atoms with Gasteiger partial charge in [-0.25, -0.2) is 4.98 Å². The Kier molecular flexibility index (Phi) is 4.89. The zero-order valence-electron chi connectivity index (χ0n) is 16.2. The molecule has 5 rings (SSSR count). The molecule has 0 radical (unpaired) electrons. The molecule has 0 N–H and O–H groups in total. The summed E-state index contributed by atoms with van der Waals surface area (Å²) < 4.78 is 1.99. The van der Waals surface area contributed by atoms with E-state index in [1.54, 1.807) is 6.08 Å². The average Bonchev–Trinajstić information content (AvgIpc) is 3.36. The van der Waals surface area contributed by atoms with E-state index in [0.29, 0.717) is 11.1 Å². The van der Waals surface area contributed by atoms with Crippen molar-refractivity contribution in [2.45, 2.75) is 0 Å². The van der Waals surface area contributed by atoms with Crippen molar-refractivity contribution in [1.82, 2.24) is 9.55 Å². The summed E-state index contributed by atoms with van der Waals surface area (Å²) >= 11 is 13.5. The van der Waals surface area contributed by atoms with Crippen LogP contribution in [0.15, 0.2) is 54.1 Å². The topological polar surface area (TPSA) is 52.0 Å². The summed E-state index contributed by atoms with van der Waals surface area (Å²) in [5.74, 6) is 0.153. The Hall–Kier alpha value is -2.99. The number of halogens is 2. The fourth-order valence-electron chi connectivity index (χ4n) is 3.56. The zero-order valence-corrected chi connectivity index (χ0v) is 18.6. The molecule has 0 atom stereocenters. The Balaban J connectivity index is 1.48. The lowest BCUT2D eigenvalue weighted by molar-refractivity contribution is 0.0990. The van der Waals surface area contributed by atoms with Crippen molar-refractivity contribution in [2.75, 3.05) is 0 Å². The number of ketones is 2. The number of carbonyl (C=O) groups excluding carboxylic acids is 2. The summed E-state index contributed by atoms with van der Waals surface area (Å²) in [4.78, 5) is 31.8. The molecule has 0 spiro atoms. The van der Waals surface area contributed by atoms with E-state index >= 15 is 0 Å². The maximum absolute atomic E-state index is 12.8. The van der Waals surface area contributed by atoms with Crippen molar-refractivity contribution < 1.29 is 9.59 Å². The Morgan fingerprint density at radius 1 is 0.935 bits per heavy atom. The van der Waals surface area contributed by atoms with Gasteiger partial charge in [-0.2, -0.15) is 0 Å². The summed E-state index contributed by atoms with van der Waals surface area (Å²) in [7, 11) is 1.94. The Morgan fingerprint density at radius 3 is 2.19 bits per heavy atom. The largest absolute Gasteiger partial charge is 0.327 e. The number of allylic oxidation sites excluding steroid dienone is 1. The lowest BCUT2D eigenvalue weighted by atomic mass is 10.1. The lowest BCUT2D eigenvalue weighted by Crippen LogP contribution is -1.99. The second-order valence-corrected chi connectivity index (χ2v) is 9.02. The van der Waals surface area contributed by atoms with Crippen LogP contribution in [0, 0.1) is 0 Å².